The third-order valence-electron chi connectivity index (χ3n) is 1.96. The van der Waals surface area contributed by atoms with Crippen LogP contribution >= 0.6 is 11.6 Å². The van der Waals surface area contributed by atoms with Gasteiger partial charge in [0.15, 0.2) is 0 Å². The molecule has 2 N–H and O–H groups in total. The van der Waals surface area contributed by atoms with E-state index in [1.54, 1.807) is 12.3 Å². The summed E-state index contributed by atoms with van der Waals surface area (Å²) in [7, 11) is 4.01. The fourth-order valence-corrected chi connectivity index (χ4v) is 1.36. The van der Waals surface area contributed by atoms with Crippen LogP contribution < -0.4 is 5.32 Å². The van der Waals surface area contributed by atoms with Crippen molar-refractivity contribution in [3.8, 4) is 0 Å². The van der Waals surface area contributed by atoms with Crippen LogP contribution in [0.4, 0.5) is 0 Å². The van der Waals surface area contributed by atoms with Gasteiger partial charge in [-0.05, 0) is 33.1 Å². The number of aromatic nitrogens is 1. The highest BCUT2D eigenvalue weighted by atomic mass is 35.5. The SMILES string of the molecule is CN(C)CCCNC(=O)c1cc(Cl)c[nH]1. The molecule has 1 heterocycles. The molecule has 1 aromatic rings. The summed E-state index contributed by atoms with van der Waals surface area (Å²) in [4.78, 5) is 16.4. The Bertz CT molecular complexity index is 322. The second kappa shape index (κ2) is 5.78. The van der Waals surface area contributed by atoms with Gasteiger partial charge in [-0.25, -0.2) is 0 Å². The van der Waals surface area contributed by atoms with Crippen LogP contribution in [0.25, 0.3) is 0 Å². The first-order valence-corrected chi connectivity index (χ1v) is 5.24. The molecule has 0 atom stereocenters. The lowest BCUT2D eigenvalue weighted by molar-refractivity contribution is 0.0948. The molecule has 0 aliphatic rings. The van der Waals surface area contributed by atoms with E-state index >= 15 is 0 Å². The zero-order chi connectivity index (χ0) is 11.3. The lowest BCUT2D eigenvalue weighted by Crippen LogP contribution is -2.27. The van der Waals surface area contributed by atoms with E-state index in [0.29, 0.717) is 17.3 Å². The molecule has 0 unspecified atom stereocenters. The molecule has 0 bridgehead atoms. The minimum atomic E-state index is -0.111. The molecule has 5 heteroatoms. The number of hydrogen-bond donors (Lipinski definition) is 2. The molecule has 15 heavy (non-hydrogen) atoms. The number of halogens is 1. The van der Waals surface area contributed by atoms with Gasteiger partial charge in [0, 0.05) is 12.7 Å². The van der Waals surface area contributed by atoms with E-state index < -0.39 is 0 Å². The van der Waals surface area contributed by atoms with Crippen LogP contribution in [0.2, 0.25) is 5.02 Å². The maximum absolute atomic E-state index is 11.5. The highest BCUT2D eigenvalue weighted by Gasteiger charge is 2.06. The van der Waals surface area contributed by atoms with Crippen LogP contribution in [0.1, 0.15) is 16.9 Å². The molecule has 0 aliphatic carbocycles. The van der Waals surface area contributed by atoms with Crippen LogP contribution in [-0.2, 0) is 0 Å². The summed E-state index contributed by atoms with van der Waals surface area (Å²) < 4.78 is 0. The molecule has 1 aromatic heterocycles. The first-order valence-electron chi connectivity index (χ1n) is 4.86. The van der Waals surface area contributed by atoms with Crippen LogP contribution in [-0.4, -0.2) is 43.0 Å². The number of nitrogens with zero attached hydrogens (tertiary/aromatic N) is 1. The Kier molecular flexibility index (Phi) is 4.65. The van der Waals surface area contributed by atoms with E-state index in [0.717, 1.165) is 13.0 Å². The minimum absolute atomic E-state index is 0.111. The van der Waals surface area contributed by atoms with Gasteiger partial charge < -0.3 is 15.2 Å². The Balaban J connectivity index is 2.25. The van der Waals surface area contributed by atoms with E-state index in [1.807, 2.05) is 14.1 Å². The zero-order valence-corrected chi connectivity index (χ0v) is 9.77. The molecule has 4 nitrogen and oxygen atoms in total. The summed E-state index contributed by atoms with van der Waals surface area (Å²) in [6, 6.07) is 1.61. The molecule has 0 saturated carbocycles. The normalized spacial score (nSPS) is 10.7. The van der Waals surface area contributed by atoms with E-state index in [2.05, 4.69) is 15.2 Å². The highest BCUT2D eigenvalue weighted by Crippen LogP contribution is 2.08. The van der Waals surface area contributed by atoms with E-state index in [-0.39, 0.29) is 5.91 Å². The lowest BCUT2D eigenvalue weighted by Gasteiger charge is -2.09. The first kappa shape index (κ1) is 12.1. The molecular weight excluding hydrogens is 214 g/mol. The van der Waals surface area contributed by atoms with Crippen molar-refractivity contribution in [1.82, 2.24) is 15.2 Å². The summed E-state index contributed by atoms with van der Waals surface area (Å²) >= 11 is 5.69. The number of nitrogens with one attached hydrogen (secondary N) is 2. The van der Waals surface area contributed by atoms with Crippen LogP contribution in [0.3, 0.4) is 0 Å². The van der Waals surface area contributed by atoms with Gasteiger partial charge in [0.2, 0.25) is 0 Å². The molecule has 0 spiro atoms. The van der Waals surface area contributed by atoms with Gasteiger partial charge in [-0.15, -0.1) is 0 Å². The zero-order valence-electron chi connectivity index (χ0n) is 9.01. The monoisotopic (exact) mass is 229 g/mol. The van der Waals surface area contributed by atoms with Gasteiger partial charge in [0.05, 0.1) is 5.02 Å². The molecule has 0 fully saturated rings. The highest BCUT2D eigenvalue weighted by molar-refractivity contribution is 6.30. The molecule has 0 saturated heterocycles. The molecule has 0 aliphatic heterocycles. The third-order valence-corrected chi connectivity index (χ3v) is 2.18. The molecule has 0 radical (unpaired) electrons. The topological polar surface area (TPSA) is 48.1 Å². The van der Waals surface area contributed by atoms with Gasteiger partial charge in [0.1, 0.15) is 5.69 Å². The number of hydrogen-bond acceptors (Lipinski definition) is 2. The van der Waals surface area contributed by atoms with Gasteiger partial charge in [-0.3, -0.25) is 4.79 Å². The Morgan fingerprint density at radius 2 is 2.33 bits per heavy atom. The Morgan fingerprint density at radius 3 is 2.87 bits per heavy atom. The summed E-state index contributed by atoms with van der Waals surface area (Å²) in [6.07, 6.45) is 2.53. The van der Waals surface area contributed by atoms with Crippen LogP contribution in [0, 0.1) is 0 Å². The van der Waals surface area contributed by atoms with Crippen molar-refractivity contribution in [3.63, 3.8) is 0 Å². The number of carbonyl (C=O) groups excluding carboxylic acids is 1. The van der Waals surface area contributed by atoms with Crippen molar-refractivity contribution in [2.45, 2.75) is 6.42 Å². The summed E-state index contributed by atoms with van der Waals surface area (Å²) in [5.74, 6) is -0.111. The second-order valence-electron chi connectivity index (χ2n) is 3.64. The van der Waals surface area contributed by atoms with E-state index in [4.69, 9.17) is 11.6 Å². The number of rotatable bonds is 5. The smallest absolute Gasteiger partial charge is 0.267 e. The molecule has 84 valence electrons. The van der Waals surface area contributed by atoms with Crippen molar-refractivity contribution < 1.29 is 4.79 Å². The predicted octanol–water partition coefficient (Wildman–Crippen LogP) is 1.35. The van der Waals surface area contributed by atoms with Crippen molar-refractivity contribution >= 4 is 17.5 Å². The number of H-pyrrole nitrogens is 1. The van der Waals surface area contributed by atoms with Gasteiger partial charge in [0.25, 0.3) is 5.91 Å². The van der Waals surface area contributed by atoms with E-state index in [9.17, 15) is 4.79 Å². The number of aromatic amines is 1. The largest absolute Gasteiger partial charge is 0.356 e. The quantitative estimate of drug-likeness (QED) is 0.749. The molecule has 1 amide bonds. The Labute approximate surface area is 94.6 Å². The maximum Gasteiger partial charge on any atom is 0.267 e. The predicted molar refractivity (Wildman–Crippen MR) is 61.3 cm³/mol. The fourth-order valence-electron chi connectivity index (χ4n) is 1.19. The lowest BCUT2D eigenvalue weighted by atomic mass is 10.3. The average Bonchev–Trinajstić information content (AvgIpc) is 2.59. The van der Waals surface area contributed by atoms with Crippen molar-refractivity contribution in [1.29, 1.82) is 0 Å². The summed E-state index contributed by atoms with van der Waals surface area (Å²) in [5.41, 5.74) is 0.504. The summed E-state index contributed by atoms with van der Waals surface area (Å²) in [5, 5.41) is 3.36. The summed E-state index contributed by atoms with van der Waals surface area (Å²) in [6.45, 7) is 1.64. The molecule has 0 aromatic carbocycles. The van der Waals surface area contributed by atoms with Gasteiger partial charge in [-0.1, -0.05) is 11.6 Å². The van der Waals surface area contributed by atoms with E-state index in [1.165, 1.54) is 0 Å². The first-order chi connectivity index (χ1) is 7.09. The van der Waals surface area contributed by atoms with Gasteiger partial charge in [-0.2, -0.15) is 0 Å². The van der Waals surface area contributed by atoms with Crippen molar-refractivity contribution in [2.24, 2.45) is 0 Å². The standard InChI is InChI=1S/C10H16ClN3O/c1-14(2)5-3-4-12-10(15)9-6-8(11)7-13-9/h6-7,13H,3-5H2,1-2H3,(H,12,15). The van der Waals surface area contributed by atoms with Gasteiger partial charge >= 0.3 is 0 Å². The minimum Gasteiger partial charge on any atom is -0.356 e. The number of carbonyl (C=O) groups is 1. The molecular formula is C10H16ClN3O. The van der Waals surface area contributed by atoms with Crippen LogP contribution in [0.5, 0.6) is 0 Å². The van der Waals surface area contributed by atoms with Crippen LogP contribution in [0.15, 0.2) is 12.3 Å². The number of amides is 1. The Morgan fingerprint density at radius 1 is 1.60 bits per heavy atom. The molecule has 1 rings (SSSR count). The van der Waals surface area contributed by atoms with Crippen molar-refractivity contribution in [2.75, 3.05) is 27.2 Å². The average molecular weight is 230 g/mol. The van der Waals surface area contributed by atoms with Crippen molar-refractivity contribution in [3.05, 3.63) is 23.0 Å². The fraction of sp³-hybridized carbons (Fsp3) is 0.500. The Hall–Kier alpha value is -1.00. The third kappa shape index (κ3) is 4.36. The second-order valence-corrected chi connectivity index (χ2v) is 4.08. The maximum atomic E-state index is 11.5.